The van der Waals surface area contributed by atoms with Crippen LogP contribution in [0.1, 0.15) is 19.8 Å². The number of hydrogen-bond acceptors (Lipinski definition) is 2. The van der Waals surface area contributed by atoms with Crippen LogP contribution in [0.5, 0.6) is 0 Å². The van der Waals surface area contributed by atoms with Crippen molar-refractivity contribution < 1.29 is 9.00 Å². The van der Waals surface area contributed by atoms with Gasteiger partial charge in [-0.2, -0.15) is 0 Å². The third-order valence-electron chi connectivity index (χ3n) is 2.16. The molecule has 0 saturated carbocycles. The standard InChI is InChI=1S/C8H16O2S/c1-3-4-8(9)7-5-11(2,10)6-7/h7,11H,3-6H2,1-2H3. The average molecular weight is 176 g/mol. The molecule has 1 aliphatic heterocycles. The summed E-state index contributed by atoms with van der Waals surface area (Å²) in [5.74, 6) is 1.81. The van der Waals surface area contributed by atoms with E-state index in [2.05, 4.69) is 0 Å². The van der Waals surface area contributed by atoms with Crippen molar-refractivity contribution in [3.05, 3.63) is 0 Å². The third-order valence-corrected chi connectivity index (χ3v) is 4.59. The molecule has 11 heavy (non-hydrogen) atoms. The quantitative estimate of drug-likeness (QED) is 0.640. The molecule has 0 aliphatic carbocycles. The first-order valence-corrected chi connectivity index (χ1v) is 6.66. The van der Waals surface area contributed by atoms with Crippen LogP contribution in [0.4, 0.5) is 0 Å². The van der Waals surface area contributed by atoms with Crippen LogP contribution in [0.2, 0.25) is 0 Å². The van der Waals surface area contributed by atoms with E-state index in [1.165, 1.54) is 0 Å². The molecule has 1 rings (SSSR count). The maximum atomic E-state index is 11.2. The van der Waals surface area contributed by atoms with Crippen molar-refractivity contribution in [2.45, 2.75) is 19.8 Å². The minimum atomic E-state index is -1.82. The van der Waals surface area contributed by atoms with Crippen molar-refractivity contribution in [1.29, 1.82) is 0 Å². The van der Waals surface area contributed by atoms with Crippen LogP contribution in [0.15, 0.2) is 0 Å². The monoisotopic (exact) mass is 176 g/mol. The molecule has 2 nitrogen and oxygen atoms in total. The van der Waals surface area contributed by atoms with Gasteiger partial charge in [-0.3, -0.25) is 9.00 Å². The second kappa shape index (κ2) is 3.05. The first-order chi connectivity index (χ1) is 5.05. The minimum Gasteiger partial charge on any atom is -0.299 e. The summed E-state index contributed by atoms with van der Waals surface area (Å²) >= 11 is 0. The maximum Gasteiger partial charge on any atom is 0.137 e. The smallest absolute Gasteiger partial charge is 0.137 e. The van der Waals surface area contributed by atoms with E-state index in [0.717, 1.165) is 6.42 Å². The van der Waals surface area contributed by atoms with Gasteiger partial charge in [0, 0.05) is 23.8 Å². The topological polar surface area (TPSA) is 34.1 Å². The number of rotatable bonds is 3. The second-order valence-corrected chi connectivity index (χ2v) is 6.90. The van der Waals surface area contributed by atoms with E-state index < -0.39 is 9.93 Å². The Labute approximate surface area is 68.8 Å². The SMILES string of the molecule is CCCC(=O)C1C[SH](C)(=O)C1. The van der Waals surface area contributed by atoms with Crippen molar-refractivity contribution in [3.8, 4) is 0 Å². The number of thiol groups is 1. The lowest BCUT2D eigenvalue weighted by Gasteiger charge is -2.36. The highest BCUT2D eigenvalue weighted by molar-refractivity contribution is 8.03. The summed E-state index contributed by atoms with van der Waals surface area (Å²) < 4.78 is 11.2. The summed E-state index contributed by atoms with van der Waals surface area (Å²) in [6.45, 7) is 2.00. The van der Waals surface area contributed by atoms with Gasteiger partial charge in [0.15, 0.2) is 0 Å². The third kappa shape index (κ3) is 2.12. The Balaban J connectivity index is 2.32. The first kappa shape index (κ1) is 8.91. The van der Waals surface area contributed by atoms with E-state index in [1.54, 1.807) is 6.26 Å². The normalized spacial score (nSPS) is 30.5. The van der Waals surface area contributed by atoms with E-state index >= 15 is 0 Å². The van der Waals surface area contributed by atoms with Crippen LogP contribution in [0.25, 0.3) is 0 Å². The fraction of sp³-hybridized carbons (Fsp3) is 0.875. The first-order valence-electron chi connectivity index (χ1n) is 4.13. The van der Waals surface area contributed by atoms with Crippen LogP contribution in [0, 0.1) is 5.92 Å². The lowest BCUT2D eigenvalue weighted by molar-refractivity contribution is -0.122. The fourth-order valence-corrected chi connectivity index (χ4v) is 3.70. The van der Waals surface area contributed by atoms with Crippen LogP contribution in [0.3, 0.4) is 0 Å². The van der Waals surface area contributed by atoms with Crippen LogP contribution in [-0.4, -0.2) is 27.8 Å². The Morgan fingerprint density at radius 2 is 2.09 bits per heavy atom. The molecule has 0 radical (unpaired) electrons. The average Bonchev–Trinajstić information content (AvgIpc) is 1.83. The molecule has 1 aliphatic rings. The van der Waals surface area contributed by atoms with Crippen molar-refractivity contribution in [2.75, 3.05) is 17.8 Å². The molecule has 0 atom stereocenters. The molecule has 0 aromatic carbocycles. The summed E-state index contributed by atoms with van der Waals surface area (Å²) in [5.41, 5.74) is 0. The maximum absolute atomic E-state index is 11.2. The fourth-order valence-electron chi connectivity index (χ4n) is 1.53. The molecule has 0 spiro atoms. The lowest BCUT2D eigenvalue weighted by atomic mass is 10.0. The number of carbonyl (C=O) groups is 1. The highest BCUT2D eigenvalue weighted by atomic mass is 32.2. The van der Waals surface area contributed by atoms with E-state index in [4.69, 9.17) is 0 Å². The zero-order valence-electron chi connectivity index (χ0n) is 7.17. The lowest BCUT2D eigenvalue weighted by Crippen LogP contribution is -2.45. The molecule has 0 aromatic rings. The largest absolute Gasteiger partial charge is 0.299 e. The Morgan fingerprint density at radius 3 is 2.45 bits per heavy atom. The molecule has 66 valence electrons. The Bertz CT molecular complexity index is 200. The molecular formula is C8H16O2S. The molecular weight excluding hydrogens is 160 g/mol. The molecule has 0 unspecified atom stereocenters. The van der Waals surface area contributed by atoms with Crippen LogP contribution >= 0.6 is 0 Å². The Kier molecular flexibility index (Phi) is 2.47. The van der Waals surface area contributed by atoms with E-state index in [-0.39, 0.29) is 5.92 Å². The highest BCUT2D eigenvalue weighted by Crippen LogP contribution is 2.25. The van der Waals surface area contributed by atoms with Gasteiger partial charge in [0.2, 0.25) is 0 Å². The van der Waals surface area contributed by atoms with Crippen LogP contribution in [-0.2, 0) is 14.7 Å². The number of hydrogen-bond donors (Lipinski definition) is 1. The predicted molar refractivity (Wildman–Crippen MR) is 48.6 cm³/mol. The van der Waals surface area contributed by atoms with Gasteiger partial charge in [0.25, 0.3) is 0 Å². The Morgan fingerprint density at radius 1 is 1.55 bits per heavy atom. The van der Waals surface area contributed by atoms with Gasteiger partial charge < -0.3 is 0 Å². The van der Waals surface area contributed by atoms with Gasteiger partial charge in [-0.15, -0.1) is 9.93 Å². The predicted octanol–water partition coefficient (Wildman–Crippen LogP) is 0.632. The van der Waals surface area contributed by atoms with Crippen molar-refractivity contribution >= 4 is 15.7 Å². The minimum absolute atomic E-state index is 0.144. The zero-order valence-corrected chi connectivity index (χ0v) is 8.06. The molecule has 1 fully saturated rings. The number of Topliss-reactive ketones (excluding diaryl/α,β-unsaturated/α-hetero) is 1. The van der Waals surface area contributed by atoms with E-state index in [1.807, 2.05) is 6.92 Å². The van der Waals surface area contributed by atoms with Gasteiger partial charge in [-0.05, 0) is 12.7 Å². The van der Waals surface area contributed by atoms with Gasteiger partial charge in [-0.25, -0.2) is 0 Å². The molecule has 0 aromatic heterocycles. The molecule has 0 bridgehead atoms. The molecule has 3 heteroatoms. The van der Waals surface area contributed by atoms with Gasteiger partial charge in [-0.1, -0.05) is 6.92 Å². The number of ketones is 1. The molecule has 1 heterocycles. The van der Waals surface area contributed by atoms with Crippen molar-refractivity contribution in [3.63, 3.8) is 0 Å². The second-order valence-electron chi connectivity index (χ2n) is 3.58. The summed E-state index contributed by atoms with van der Waals surface area (Å²) in [6, 6.07) is 0. The summed E-state index contributed by atoms with van der Waals surface area (Å²) in [7, 11) is -1.82. The number of carbonyl (C=O) groups excluding carboxylic acids is 1. The van der Waals surface area contributed by atoms with Gasteiger partial charge >= 0.3 is 0 Å². The molecule has 0 N–H and O–H groups in total. The molecule has 0 amide bonds. The molecule has 1 saturated heterocycles. The zero-order chi connectivity index (χ0) is 8.48. The van der Waals surface area contributed by atoms with Crippen molar-refractivity contribution in [1.82, 2.24) is 0 Å². The van der Waals surface area contributed by atoms with E-state index in [0.29, 0.717) is 23.7 Å². The van der Waals surface area contributed by atoms with Gasteiger partial charge in [0.1, 0.15) is 5.78 Å². The van der Waals surface area contributed by atoms with Crippen molar-refractivity contribution in [2.24, 2.45) is 5.92 Å². The summed E-state index contributed by atoms with van der Waals surface area (Å²) in [4.78, 5) is 11.2. The Hall–Kier alpha value is -0.180. The summed E-state index contributed by atoms with van der Waals surface area (Å²) in [6.07, 6.45) is 3.39. The van der Waals surface area contributed by atoms with E-state index in [9.17, 15) is 9.00 Å². The highest BCUT2D eigenvalue weighted by Gasteiger charge is 2.34. The van der Waals surface area contributed by atoms with Gasteiger partial charge in [0.05, 0.1) is 0 Å². The van der Waals surface area contributed by atoms with Crippen LogP contribution < -0.4 is 0 Å². The summed E-state index contributed by atoms with van der Waals surface area (Å²) in [5, 5.41) is 0.